The van der Waals surface area contributed by atoms with E-state index in [0.29, 0.717) is 41.0 Å². The summed E-state index contributed by atoms with van der Waals surface area (Å²) in [6.07, 6.45) is 9.40. The maximum Gasteiger partial charge on any atom is 0.409 e. The molecular formula is C37H54ClN3O9S. The van der Waals surface area contributed by atoms with Crippen molar-refractivity contribution in [1.82, 2.24) is 10.2 Å². The van der Waals surface area contributed by atoms with Crippen LogP contribution >= 0.6 is 23.4 Å². The molecular weight excluding hydrogens is 698 g/mol. The van der Waals surface area contributed by atoms with Crippen LogP contribution in [-0.2, 0) is 30.3 Å². The van der Waals surface area contributed by atoms with Gasteiger partial charge in [0.15, 0.2) is 0 Å². The van der Waals surface area contributed by atoms with Crippen LogP contribution in [0.1, 0.15) is 78.7 Å². The normalized spacial score (nSPS) is 29.4. The third kappa shape index (κ3) is 11.4. The summed E-state index contributed by atoms with van der Waals surface area (Å²) in [6, 6.07) is 3.04. The number of carbonyl (C=O) groups is 4. The van der Waals surface area contributed by atoms with Crippen molar-refractivity contribution in [2.24, 2.45) is 5.92 Å². The summed E-state index contributed by atoms with van der Waals surface area (Å²) >= 11 is 8.29. The molecule has 3 amide bonds. The molecule has 2 saturated heterocycles. The molecule has 7 atom stereocenters. The Bertz CT molecular complexity index is 1510. The highest BCUT2D eigenvalue weighted by atomic mass is 35.5. The second-order valence-electron chi connectivity index (χ2n) is 14.0. The lowest BCUT2D eigenvalue weighted by atomic mass is 9.85. The van der Waals surface area contributed by atoms with Gasteiger partial charge in [0.2, 0.25) is 11.8 Å². The first-order chi connectivity index (χ1) is 23.8. The summed E-state index contributed by atoms with van der Waals surface area (Å²) in [4.78, 5) is 50.5. The van der Waals surface area contributed by atoms with Crippen molar-refractivity contribution in [1.29, 1.82) is 0 Å². The fourth-order valence-electron chi connectivity index (χ4n) is 6.19. The van der Waals surface area contributed by atoms with Crippen LogP contribution in [0.2, 0.25) is 5.02 Å². The standard InChI is InChI=1S/C27H35ClN2O6.C10H19NO3S/c1-16-8-6-7-10-27(33)15-21(35-25(32)29-27)17(2)24-26(3,36-24)11-9-22(31)30(4)19-13-18(12-16)14-20(34-5)23(19)28;1-7(15-4)5-6-9(12)11(3)8(2)10(13)14/h6-8,13-14,17,21,24,33H,9-12,15H2,1-5H3,(H,29,32);7-8H,5-6H2,1-4H3,(H,13,14)/b7-6+,16-8+;/t17-,21+,24+,26+,27-;7?,8-/m10/s1. The molecule has 3 heterocycles. The van der Waals surface area contributed by atoms with E-state index in [2.05, 4.69) is 12.2 Å². The van der Waals surface area contributed by atoms with Crippen LogP contribution in [0.4, 0.5) is 10.5 Å². The number of carboxylic acids is 1. The predicted molar refractivity (Wildman–Crippen MR) is 199 cm³/mol. The number of benzene rings is 1. The van der Waals surface area contributed by atoms with Gasteiger partial charge in [0, 0.05) is 50.9 Å². The van der Waals surface area contributed by atoms with Crippen LogP contribution in [0.15, 0.2) is 35.9 Å². The molecule has 0 aromatic heterocycles. The van der Waals surface area contributed by atoms with Gasteiger partial charge >= 0.3 is 12.1 Å². The number of aliphatic hydroxyl groups is 1. The number of nitrogens with one attached hydrogen (secondary N) is 1. The number of epoxide rings is 1. The Balaban J connectivity index is 0.000000396. The number of hydrogen-bond donors (Lipinski definition) is 3. The number of ether oxygens (including phenoxy) is 3. The molecule has 4 bridgehead atoms. The minimum absolute atomic E-state index is 0.0879. The molecule has 1 aromatic rings. The van der Waals surface area contributed by atoms with Crippen molar-refractivity contribution in [3.63, 3.8) is 0 Å². The maximum absolute atomic E-state index is 13.2. The van der Waals surface area contributed by atoms with Gasteiger partial charge < -0.3 is 34.2 Å². The Morgan fingerprint density at radius 3 is 2.59 bits per heavy atom. The van der Waals surface area contributed by atoms with E-state index in [-0.39, 0.29) is 43.1 Å². The smallest absolute Gasteiger partial charge is 0.409 e. The molecule has 284 valence electrons. The zero-order chi connectivity index (χ0) is 38.3. The van der Waals surface area contributed by atoms with Gasteiger partial charge in [0.05, 0.1) is 24.5 Å². The lowest BCUT2D eigenvalue weighted by Gasteiger charge is -2.38. The van der Waals surface area contributed by atoms with E-state index < -0.39 is 35.5 Å². The number of anilines is 1. The lowest BCUT2D eigenvalue weighted by Crippen LogP contribution is -2.57. The van der Waals surface area contributed by atoms with Gasteiger partial charge in [0.25, 0.3) is 0 Å². The third-order valence-corrected chi connectivity index (χ3v) is 11.4. The first-order valence-corrected chi connectivity index (χ1v) is 18.9. The lowest BCUT2D eigenvalue weighted by molar-refractivity contribution is -0.148. The van der Waals surface area contributed by atoms with E-state index in [0.717, 1.165) is 17.6 Å². The number of allylic oxidation sites excluding steroid dienone is 3. The molecule has 0 aliphatic carbocycles. The van der Waals surface area contributed by atoms with E-state index in [1.807, 2.05) is 57.4 Å². The van der Waals surface area contributed by atoms with Crippen molar-refractivity contribution >= 4 is 52.9 Å². The Morgan fingerprint density at radius 1 is 1.27 bits per heavy atom. The first-order valence-electron chi connectivity index (χ1n) is 17.2. The number of rotatable bonds is 7. The second-order valence-corrected chi connectivity index (χ2v) is 15.7. The Kier molecular flexibility index (Phi) is 14.9. The number of carbonyl (C=O) groups excluding carboxylic acids is 3. The molecule has 51 heavy (non-hydrogen) atoms. The average Bonchev–Trinajstić information content (AvgIpc) is 3.77. The summed E-state index contributed by atoms with van der Waals surface area (Å²) in [7, 11) is 4.80. The fourth-order valence-corrected chi connectivity index (χ4v) is 6.86. The minimum atomic E-state index is -1.40. The number of amides is 3. The maximum atomic E-state index is 13.2. The number of fused-ring (bicyclic) bond motifs is 5. The summed E-state index contributed by atoms with van der Waals surface area (Å²) in [5.74, 6) is -0.803. The highest BCUT2D eigenvalue weighted by Crippen LogP contribution is 2.47. The van der Waals surface area contributed by atoms with Gasteiger partial charge in [-0.3, -0.25) is 14.9 Å². The third-order valence-electron chi connectivity index (χ3n) is 9.96. The van der Waals surface area contributed by atoms with Crippen LogP contribution in [-0.4, -0.2) is 101 Å². The van der Waals surface area contributed by atoms with Gasteiger partial charge in [-0.25, -0.2) is 9.59 Å². The molecule has 0 spiro atoms. The number of carboxylic acid groups (broad SMARTS) is 1. The Labute approximate surface area is 310 Å². The number of hydrogen-bond acceptors (Lipinski definition) is 9. The quantitative estimate of drug-likeness (QED) is 0.284. The molecule has 1 unspecified atom stereocenters. The van der Waals surface area contributed by atoms with Gasteiger partial charge in [-0.2, -0.15) is 11.8 Å². The predicted octanol–water partition coefficient (Wildman–Crippen LogP) is 5.97. The zero-order valence-corrected chi connectivity index (χ0v) is 32.7. The van der Waals surface area contributed by atoms with Crippen LogP contribution in [0.25, 0.3) is 0 Å². The van der Waals surface area contributed by atoms with Gasteiger partial charge in [-0.1, -0.05) is 49.2 Å². The average molecular weight is 752 g/mol. The molecule has 0 radical (unpaired) electrons. The van der Waals surface area contributed by atoms with Crippen molar-refractivity contribution in [3.8, 4) is 5.75 Å². The molecule has 12 nitrogen and oxygen atoms in total. The molecule has 3 aliphatic rings. The SMILES string of the molecule is COc1cc2cc(c1Cl)N(C)C(=O)CC[C@]1(C)O[C@H]1[C@H](C)[C@@H]1C[C@](O)(C/C=C/C=C(\C)C2)NC(=O)O1.CSC(C)CCC(=O)N(C)[C@@H](C)C(=O)O. The Hall–Kier alpha value is -3.26. The van der Waals surface area contributed by atoms with E-state index in [4.69, 9.17) is 30.9 Å². The number of methoxy groups -OCH3 is 1. The number of alkyl carbamates (subject to hydrolysis) is 1. The van der Waals surface area contributed by atoms with Gasteiger partial charge in [-0.05, 0) is 64.0 Å². The summed E-state index contributed by atoms with van der Waals surface area (Å²) in [6.45, 7) is 9.48. The number of aliphatic carboxylic acids is 1. The number of thioether (sulfide) groups is 1. The van der Waals surface area contributed by atoms with Gasteiger partial charge in [0.1, 0.15) is 28.6 Å². The minimum Gasteiger partial charge on any atom is -0.495 e. The molecule has 2 fully saturated rings. The van der Waals surface area contributed by atoms with Crippen LogP contribution < -0.4 is 15.0 Å². The van der Waals surface area contributed by atoms with Crippen molar-refractivity contribution in [3.05, 3.63) is 46.5 Å². The molecule has 3 aliphatic heterocycles. The topological polar surface area (TPSA) is 158 Å². The molecule has 4 rings (SSSR count). The number of halogens is 1. The van der Waals surface area contributed by atoms with Crippen molar-refractivity contribution in [2.75, 3.05) is 32.4 Å². The highest BCUT2D eigenvalue weighted by molar-refractivity contribution is 7.99. The van der Waals surface area contributed by atoms with E-state index >= 15 is 0 Å². The molecule has 0 saturated carbocycles. The first kappa shape index (κ1) is 42.2. The molecule has 3 N–H and O–H groups in total. The van der Waals surface area contributed by atoms with Crippen molar-refractivity contribution in [2.45, 2.75) is 114 Å². The highest BCUT2D eigenvalue weighted by Gasteiger charge is 2.58. The summed E-state index contributed by atoms with van der Waals surface area (Å²) in [5.41, 5.74) is 0.692. The van der Waals surface area contributed by atoms with E-state index in [1.165, 1.54) is 18.9 Å². The summed E-state index contributed by atoms with van der Waals surface area (Å²) < 4.78 is 17.0. The largest absolute Gasteiger partial charge is 0.495 e. The number of likely N-dealkylation sites (N-methyl/N-ethyl adjacent to an activating group) is 1. The summed E-state index contributed by atoms with van der Waals surface area (Å²) in [5, 5.41) is 23.2. The van der Waals surface area contributed by atoms with Crippen LogP contribution in [0.3, 0.4) is 0 Å². The monoisotopic (exact) mass is 751 g/mol. The second kappa shape index (κ2) is 18.0. The number of nitrogens with zero attached hydrogens (tertiary/aromatic N) is 2. The fraction of sp³-hybridized carbons (Fsp3) is 0.622. The zero-order valence-electron chi connectivity index (χ0n) is 31.2. The van der Waals surface area contributed by atoms with Crippen molar-refractivity contribution < 1.29 is 43.6 Å². The van der Waals surface area contributed by atoms with E-state index in [1.54, 1.807) is 30.8 Å². The van der Waals surface area contributed by atoms with E-state index in [9.17, 15) is 24.3 Å². The van der Waals surface area contributed by atoms with Crippen LogP contribution in [0.5, 0.6) is 5.75 Å². The molecule has 14 heteroatoms. The molecule has 1 aromatic carbocycles. The van der Waals surface area contributed by atoms with Crippen LogP contribution in [0, 0.1) is 5.92 Å². The van der Waals surface area contributed by atoms with Gasteiger partial charge in [-0.15, -0.1) is 0 Å². The Morgan fingerprint density at radius 2 is 1.96 bits per heavy atom.